The smallest absolute Gasteiger partial charge is 0.275 e. The zero-order chi connectivity index (χ0) is 15.2. The van der Waals surface area contributed by atoms with E-state index in [0.717, 1.165) is 0 Å². The van der Waals surface area contributed by atoms with Crippen molar-refractivity contribution in [2.24, 2.45) is 0 Å². The van der Waals surface area contributed by atoms with Crippen LogP contribution in [0.25, 0.3) is 0 Å². The van der Waals surface area contributed by atoms with Crippen LogP contribution in [0.15, 0.2) is 0 Å². The summed E-state index contributed by atoms with van der Waals surface area (Å²) in [6.07, 6.45) is 0.0984. The molecule has 0 radical (unpaired) electrons. The van der Waals surface area contributed by atoms with E-state index in [0.29, 0.717) is 26.3 Å². The molecule has 9 heteroatoms. The minimum Gasteiger partial charge on any atom is -0.474 e. The standard InChI is InChI=1S/C12H17FN4O4/c1-20-6-4-14-8(18)2-3-15-11(19)10-9(13)12-17(16-10)5-7-21-12/h2-7H2,1H3,(H,14,18)(H,15,19). The quantitative estimate of drug-likeness (QED) is 0.649. The molecule has 0 saturated carbocycles. The van der Waals surface area contributed by atoms with Crippen LogP contribution in [0, 0.1) is 5.82 Å². The molecule has 0 aliphatic carbocycles. The lowest BCUT2D eigenvalue weighted by Crippen LogP contribution is -2.32. The van der Waals surface area contributed by atoms with Gasteiger partial charge in [-0.05, 0) is 0 Å². The average Bonchev–Trinajstić information content (AvgIpc) is 3.02. The van der Waals surface area contributed by atoms with E-state index in [1.165, 1.54) is 11.8 Å². The number of aromatic nitrogens is 2. The normalized spacial score (nSPS) is 12.7. The summed E-state index contributed by atoms with van der Waals surface area (Å²) in [6, 6.07) is 0. The van der Waals surface area contributed by atoms with Crippen molar-refractivity contribution in [2.75, 3.05) is 33.4 Å². The molecule has 21 heavy (non-hydrogen) atoms. The number of amides is 2. The van der Waals surface area contributed by atoms with Gasteiger partial charge in [0.1, 0.15) is 6.61 Å². The highest BCUT2D eigenvalue weighted by Gasteiger charge is 2.27. The monoisotopic (exact) mass is 300 g/mol. The third-order valence-corrected chi connectivity index (χ3v) is 2.87. The van der Waals surface area contributed by atoms with Gasteiger partial charge in [-0.25, -0.2) is 4.68 Å². The zero-order valence-corrected chi connectivity index (χ0v) is 11.6. The Morgan fingerprint density at radius 1 is 1.43 bits per heavy atom. The Kier molecular flexibility index (Phi) is 5.09. The first-order chi connectivity index (χ1) is 10.1. The summed E-state index contributed by atoms with van der Waals surface area (Å²) in [6.45, 7) is 1.69. The van der Waals surface area contributed by atoms with Gasteiger partial charge in [-0.15, -0.1) is 0 Å². The predicted octanol–water partition coefficient (Wildman–Crippen LogP) is -0.703. The van der Waals surface area contributed by atoms with Gasteiger partial charge in [-0.3, -0.25) is 9.59 Å². The lowest BCUT2D eigenvalue weighted by atomic mass is 10.3. The number of nitrogens with zero attached hydrogens (tertiary/aromatic N) is 2. The van der Waals surface area contributed by atoms with Gasteiger partial charge in [0.15, 0.2) is 5.69 Å². The largest absolute Gasteiger partial charge is 0.474 e. The fraction of sp³-hybridized carbons (Fsp3) is 0.583. The molecule has 2 rings (SSSR count). The topological polar surface area (TPSA) is 94.5 Å². The van der Waals surface area contributed by atoms with E-state index in [4.69, 9.17) is 9.47 Å². The van der Waals surface area contributed by atoms with Crippen LogP contribution in [-0.4, -0.2) is 55.0 Å². The van der Waals surface area contributed by atoms with Crippen molar-refractivity contribution in [1.29, 1.82) is 0 Å². The molecule has 0 aromatic carbocycles. The van der Waals surface area contributed by atoms with Gasteiger partial charge in [0.25, 0.3) is 5.91 Å². The van der Waals surface area contributed by atoms with E-state index in [1.807, 2.05) is 0 Å². The molecule has 0 unspecified atom stereocenters. The maximum atomic E-state index is 13.8. The Morgan fingerprint density at radius 2 is 2.24 bits per heavy atom. The van der Waals surface area contributed by atoms with E-state index in [2.05, 4.69) is 15.7 Å². The molecule has 8 nitrogen and oxygen atoms in total. The second-order valence-corrected chi connectivity index (χ2v) is 4.39. The lowest BCUT2D eigenvalue weighted by molar-refractivity contribution is -0.121. The van der Waals surface area contributed by atoms with Crippen molar-refractivity contribution in [1.82, 2.24) is 20.4 Å². The van der Waals surface area contributed by atoms with Crippen LogP contribution in [0.2, 0.25) is 0 Å². The van der Waals surface area contributed by atoms with Crippen LogP contribution in [0.5, 0.6) is 5.88 Å². The van der Waals surface area contributed by atoms with Crippen molar-refractivity contribution < 1.29 is 23.5 Å². The number of rotatable bonds is 7. The lowest BCUT2D eigenvalue weighted by Gasteiger charge is -2.05. The van der Waals surface area contributed by atoms with Gasteiger partial charge in [0, 0.05) is 26.6 Å². The molecule has 116 valence electrons. The fourth-order valence-electron chi connectivity index (χ4n) is 1.84. The van der Waals surface area contributed by atoms with Gasteiger partial charge in [0.2, 0.25) is 17.6 Å². The van der Waals surface area contributed by atoms with E-state index in [1.54, 1.807) is 0 Å². The summed E-state index contributed by atoms with van der Waals surface area (Å²) >= 11 is 0. The van der Waals surface area contributed by atoms with Gasteiger partial charge in [-0.2, -0.15) is 9.49 Å². The molecule has 1 aliphatic rings. The second-order valence-electron chi connectivity index (χ2n) is 4.39. The van der Waals surface area contributed by atoms with Gasteiger partial charge in [-0.1, -0.05) is 0 Å². The number of hydrogen-bond acceptors (Lipinski definition) is 5. The molecule has 0 spiro atoms. The number of ether oxygens (including phenoxy) is 2. The first-order valence-electron chi connectivity index (χ1n) is 6.56. The van der Waals surface area contributed by atoms with Crippen molar-refractivity contribution in [3.05, 3.63) is 11.5 Å². The minimum absolute atomic E-state index is 0.0162. The Labute approximate surface area is 120 Å². The molecule has 2 amide bonds. The number of hydrogen-bond donors (Lipinski definition) is 2. The van der Waals surface area contributed by atoms with Crippen LogP contribution < -0.4 is 15.4 Å². The van der Waals surface area contributed by atoms with Crippen molar-refractivity contribution in [3.8, 4) is 5.88 Å². The van der Waals surface area contributed by atoms with Crippen LogP contribution in [0.4, 0.5) is 4.39 Å². The first kappa shape index (κ1) is 15.2. The summed E-state index contributed by atoms with van der Waals surface area (Å²) in [7, 11) is 1.53. The molecule has 0 atom stereocenters. The molecular formula is C12H17FN4O4. The number of nitrogens with one attached hydrogen (secondary N) is 2. The number of carbonyl (C=O) groups is 2. The molecule has 0 bridgehead atoms. The Hall–Kier alpha value is -2.16. The van der Waals surface area contributed by atoms with E-state index in [9.17, 15) is 14.0 Å². The van der Waals surface area contributed by atoms with Crippen LogP contribution >= 0.6 is 0 Å². The maximum Gasteiger partial charge on any atom is 0.275 e. The molecule has 2 N–H and O–H groups in total. The molecular weight excluding hydrogens is 283 g/mol. The highest BCUT2D eigenvalue weighted by Crippen LogP contribution is 2.24. The van der Waals surface area contributed by atoms with E-state index >= 15 is 0 Å². The minimum atomic E-state index is -0.769. The second kappa shape index (κ2) is 7.02. The number of fused-ring (bicyclic) bond motifs is 1. The molecule has 1 aromatic rings. The molecule has 1 aromatic heterocycles. The highest BCUT2D eigenvalue weighted by atomic mass is 19.1. The van der Waals surface area contributed by atoms with Gasteiger partial charge < -0.3 is 20.1 Å². The van der Waals surface area contributed by atoms with Crippen LogP contribution in [0.1, 0.15) is 16.9 Å². The summed E-state index contributed by atoms with van der Waals surface area (Å²) in [4.78, 5) is 23.2. The Morgan fingerprint density at radius 3 is 2.95 bits per heavy atom. The molecule has 0 fully saturated rings. The zero-order valence-electron chi connectivity index (χ0n) is 11.6. The summed E-state index contributed by atoms with van der Waals surface area (Å²) < 4.78 is 24.9. The van der Waals surface area contributed by atoms with E-state index < -0.39 is 11.7 Å². The fourth-order valence-corrected chi connectivity index (χ4v) is 1.84. The summed E-state index contributed by atoms with van der Waals surface area (Å²) in [5, 5.41) is 8.89. The molecule has 0 saturated heterocycles. The number of methoxy groups -OCH3 is 1. The van der Waals surface area contributed by atoms with Gasteiger partial charge >= 0.3 is 0 Å². The third-order valence-electron chi connectivity index (χ3n) is 2.87. The van der Waals surface area contributed by atoms with Gasteiger partial charge in [0.05, 0.1) is 13.2 Å². The third kappa shape index (κ3) is 3.69. The SMILES string of the molecule is COCCNC(=O)CCNC(=O)c1nn2c(c1F)OCC2. The summed E-state index contributed by atoms with van der Waals surface area (Å²) in [5.74, 6) is -1.67. The average molecular weight is 300 g/mol. The maximum absolute atomic E-state index is 13.8. The van der Waals surface area contributed by atoms with Crippen molar-refractivity contribution in [2.45, 2.75) is 13.0 Å². The Bertz CT molecular complexity index is 532. The Balaban J connectivity index is 1.76. The highest BCUT2D eigenvalue weighted by molar-refractivity contribution is 5.93. The summed E-state index contributed by atoms with van der Waals surface area (Å²) in [5.41, 5.74) is -0.315. The van der Waals surface area contributed by atoms with Crippen molar-refractivity contribution >= 4 is 11.8 Å². The van der Waals surface area contributed by atoms with E-state index in [-0.39, 0.29) is 30.4 Å². The van der Waals surface area contributed by atoms with Crippen molar-refractivity contribution in [3.63, 3.8) is 0 Å². The molecule has 1 aliphatic heterocycles. The number of halogens is 1. The predicted molar refractivity (Wildman–Crippen MR) is 69.5 cm³/mol. The first-order valence-corrected chi connectivity index (χ1v) is 6.56. The van der Waals surface area contributed by atoms with Crippen LogP contribution in [0.3, 0.4) is 0 Å². The number of carbonyl (C=O) groups excluding carboxylic acids is 2. The van der Waals surface area contributed by atoms with Crippen LogP contribution in [-0.2, 0) is 16.1 Å². The molecule has 2 heterocycles.